The summed E-state index contributed by atoms with van der Waals surface area (Å²) in [7, 11) is 2.62. The van der Waals surface area contributed by atoms with Gasteiger partial charge in [0.1, 0.15) is 0 Å². The Labute approximate surface area is 218 Å². The highest BCUT2D eigenvalue weighted by Crippen LogP contribution is 2.37. The molecule has 5 rings (SSSR count). The van der Waals surface area contributed by atoms with Gasteiger partial charge in [-0.2, -0.15) is 0 Å². The molecule has 0 saturated carbocycles. The van der Waals surface area contributed by atoms with Gasteiger partial charge in [0.15, 0.2) is 11.6 Å². The summed E-state index contributed by atoms with van der Waals surface area (Å²) in [5, 5.41) is 6.40. The number of hydrogen-bond acceptors (Lipinski definition) is 8. The van der Waals surface area contributed by atoms with Crippen LogP contribution in [0.15, 0.2) is 84.9 Å². The Morgan fingerprint density at radius 3 is 1.32 bits per heavy atom. The van der Waals surface area contributed by atoms with Crippen molar-refractivity contribution in [3.8, 4) is 0 Å². The number of rotatable bonds is 6. The molecule has 2 N–H and O–H groups in total. The summed E-state index contributed by atoms with van der Waals surface area (Å²) in [5.74, 6) is -1.47. The number of nitrogens with one attached hydrogen (secondary N) is 2. The van der Waals surface area contributed by atoms with Gasteiger partial charge in [-0.25, -0.2) is 9.59 Å². The monoisotopic (exact) mass is 506 g/mol. The van der Waals surface area contributed by atoms with Crippen molar-refractivity contribution in [3.63, 3.8) is 0 Å². The predicted molar refractivity (Wildman–Crippen MR) is 142 cm³/mol. The van der Waals surface area contributed by atoms with E-state index in [1.165, 1.54) is 14.2 Å². The molecule has 4 aromatic rings. The average Bonchev–Trinajstić information content (AvgIpc) is 2.95. The molecule has 0 atom stereocenters. The first-order valence-corrected chi connectivity index (χ1v) is 11.7. The fourth-order valence-corrected chi connectivity index (χ4v) is 4.38. The van der Waals surface area contributed by atoms with Crippen molar-refractivity contribution in [1.29, 1.82) is 0 Å². The van der Waals surface area contributed by atoms with Crippen molar-refractivity contribution in [2.45, 2.75) is 0 Å². The highest BCUT2D eigenvalue weighted by atomic mass is 16.5. The minimum Gasteiger partial charge on any atom is -0.465 e. The predicted octanol–water partition coefficient (Wildman–Crippen LogP) is 5.52. The zero-order valence-corrected chi connectivity index (χ0v) is 20.5. The minimum absolute atomic E-state index is 0.260. The van der Waals surface area contributed by atoms with Gasteiger partial charge in [-0.3, -0.25) is 9.59 Å². The second-order valence-electron chi connectivity index (χ2n) is 8.50. The molecule has 8 heteroatoms. The van der Waals surface area contributed by atoms with Gasteiger partial charge in [0.2, 0.25) is 0 Å². The molecule has 188 valence electrons. The minimum atomic E-state index is -0.453. The van der Waals surface area contributed by atoms with E-state index in [0.29, 0.717) is 45.0 Å². The Hall–Kier alpha value is -5.24. The van der Waals surface area contributed by atoms with Crippen LogP contribution in [-0.4, -0.2) is 37.7 Å². The van der Waals surface area contributed by atoms with E-state index >= 15 is 0 Å². The first-order chi connectivity index (χ1) is 18.4. The average molecular weight is 507 g/mol. The number of ether oxygens (including phenoxy) is 2. The van der Waals surface area contributed by atoms with E-state index in [-0.39, 0.29) is 22.7 Å². The summed E-state index contributed by atoms with van der Waals surface area (Å²) in [6.07, 6.45) is 0. The van der Waals surface area contributed by atoms with Crippen LogP contribution in [0.5, 0.6) is 0 Å². The first-order valence-electron chi connectivity index (χ1n) is 11.7. The van der Waals surface area contributed by atoms with Crippen molar-refractivity contribution in [1.82, 2.24) is 0 Å². The molecule has 4 aromatic carbocycles. The maximum Gasteiger partial charge on any atom is 0.337 e. The third kappa shape index (κ3) is 4.39. The van der Waals surface area contributed by atoms with Crippen LogP contribution in [0.1, 0.15) is 52.6 Å². The number of carbonyl (C=O) groups excluding carboxylic acids is 4. The molecule has 8 nitrogen and oxygen atoms in total. The number of fused-ring (bicyclic) bond motifs is 2. The number of benzene rings is 4. The summed E-state index contributed by atoms with van der Waals surface area (Å²) < 4.78 is 9.47. The maximum absolute atomic E-state index is 13.9. The number of hydrogen-bond donors (Lipinski definition) is 2. The van der Waals surface area contributed by atoms with Crippen LogP contribution in [0.4, 0.5) is 22.7 Å². The van der Waals surface area contributed by atoms with Crippen molar-refractivity contribution in [2.24, 2.45) is 0 Å². The molecule has 0 aromatic heterocycles. The standard InChI is InChI=1S/C30H22N2O6/c1-37-29(35)17-9-13-19(14-10-17)31-23-7-3-5-21-25(23)28(34)26-22(27(21)33)6-4-8-24(26)32-20-15-11-18(12-16-20)30(36)38-2/h3-16,31-32H,1-2H3. The van der Waals surface area contributed by atoms with Crippen molar-refractivity contribution >= 4 is 46.3 Å². The lowest BCUT2D eigenvalue weighted by Gasteiger charge is -2.23. The van der Waals surface area contributed by atoms with Crippen LogP contribution in [0.25, 0.3) is 0 Å². The van der Waals surface area contributed by atoms with Gasteiger partial charge in [0.05, 0.1) is 47.8 Å². The van der Waals surface area contributed by atoms with Crippen molar-refractivity contribution < 1.29 is 28.7 Å². The Morgan fingerprint density at radius 1 is 0.553 bits per heavy atom. The highest BCUT2D eigenvalue weighted by Gasteiger charge is 2.33. The third-order valence-corrected chi connectivity index (χ3v) is 6.24. The summed E-state index contributed by atoms with van der Waals surface area (Å²) in [6, 6.07) is 23.4. The van der Waals surface area contributed by atoms with E-state index in [4.69, 9.17) is 9.47 Å². The molecule has 0 fully saturated rings. The molecule has 0 heterocycles. The number of anilines is 4. The molecular formula is C30H22N2O6. The van der Waals surface area contributed by atoms with Crippen molar-refractivity contribution in [3.05, 3.63) is 118 Å². The summed E-state index contributed by atoms with van der Waals surface area (Å²) >= 11 is 0. The zero-order valence-electron chi connectivity index (χ0n) is 20.5. The molecule has 0 spiro atoms. The number of esters is 2. The van der Waals surface area contributed by atoms with Gasteiger partial charge in [-0.05, 0) is 60.7 Å². The zero-order chi connectivity index (χ0) is 26.8. The fourth-order valence-electron chi connectivity index (χ4n) is 4.38. The second kappa shape index (κ2) is 10.0. The highest BCUT2D eigenvalue weighted by molar-refractivity contribution is 6.32. The Balaban J connectivity index is 1.49. The van der Waals surface area contributed by atoms with Gasteiger partial charge in [-0.1, -0.05) is 24.3 Å². The fraction of sp³-hybridized carbons (Fsp3) is 0.0667. The molecule has 1 aliphatic rings. The Bertz CT molecular complexity index is 1470. The lowest BCUT2D eigenvalue weighted by molar-refractivity contribution is 0.0592. The van der Waals surface area contributed by atoms with Crippen molar-refractivity contribution in [2.75, 3.05) is 24.9 Å². The van der Waals surface area contributed by atoms with Gasteiger partial charge in [0.25, 0.3) is 0 Å². The van der Waals surface area contributed by atoms with Gasteiger partial charge < -0.3 is 20.1 Å². The lowest BCUT2D eigenvalue weighted by atomic mass is 9.82. The molecule has 0 unspecified atom stereocenters. The number of methoxy groups -OCH3 is 2. The van der Waals surface area contributed by atoms with Crippen LogP contribution in [0, 0.1) is 0 Å². The van der Waals surface area contributed by atoms with E-state index < -0.39 is 11.9 Å². The quantitative estimate of drug-likeness (QED) is 0.290. The molecular weight excluding hydrogens is 484 g/mol. The molecule has 0 radical (unpaired) electrons. The Morgan fingerprint density at radius 2 is 0.947 bits per heavy atom. The van der Waals surface area contributed by atoms with Gasteiger partial charge in [0, 0.05) is 22.5 Å². The number of ketones is 2. The van der Waals surface area contributed by atoms with Gasteiger partial charge in [-0.15, -0.1) is 0 Å². The first kappa shape index (κ1) is 24.5. The largest absolute Gasteiger partial charge is 0.465 e. The summed E-state index contributed by atoms with van der Waals surface area (Å²) in [6.45, 7) is 0. The van der Waals surface area contributed by atoms with Gasteiger partial charge >= 0.3 is 11.9 Å². The van der Waals surface area contributed by atoms with E-state index in [1.807, 2.05) is 0 Å². The van der Waals surface area contributed by atoms with Crippen LogP contribution >= 0.6 is 0 Å². The summed E-state index contributed by atoms with van der Waals surface area (Å²) in [4.78, 5) is 50.8. The van der Waals surface area contributed by atoms with Crippen LogP contribution in [0.2, 0.25) is 0 Å². The lowest BCUT2D eigenvalue weighted by Crippen LogP contribution is -2.23. The van der Waals surface area contributed by atoms with E-state index in [2.05, 4.69) is 10.6 Å². The molecule has 1 aliphatic carbocycles. The molecule has 38 heavy (non-hydrogen) atoms. The topological polar surface area (TPSA) is 111 Å². The normalized spacial score (nSPS) is 11.7. The van der Waals surface area contributed by atoms with E-state index in [0.717, 1.165) is 0 Å². The second-order valence-corrected chi connectivity index (χ2v) is 8.50. The SMILES string of the molecule is COC(=O)c1ccc(Nc2cccc3c2C(=O)c2c(Nc4ccc(C(=O)OC)cc4)cccc2C3=O)cc1. The van der Waals surface area contributed by atoms with Crippen LogP contribution < -0.4 is 10.6 Å². The van der Waals surface area contributed by atoms with E-state index in [9.17, 15) is 19.2 Å². The number of carbonyl (C=O) groups is 4. The van der Waals surface area contributed by atoms with Crippen LogP contribution in [0.3, 0.4) is 0 Å². The maximum atomic E-state index is 13.9. The Kier molecular flexibility index (Phi) is 6.45. The van der Waals surface area contributed by atoms with E-state index in [1.54, 1.807) is 84.9 Å². The molecule has 0 aliphatic heterocycles. The third-order valence-electron chi connectivity index (χ3n) is 6.24. The smallest absolute Gasteiger partial charge is 0.337 e. The summed E-state index contributed by atoms with van der Waals surface area (Å²) in [5.41, 5.74) is 4.12. The molecule has 0 saturated heterocycles. The molecule has 0 bridgehead atoms. The molecule has 0 amide bonds. The van der Waals surface area contributed by atoms with Crippen LogP contribution in [-0.2, 0) is 9.47 Å².